The van der Waals surface area contributed by atoms with Gasteiger partial charge in [0.25, 0.3) is 17.4 Å². The van der Waals surface area contributed by atoms with Crippen LogP contribution < -0.4 is 21.3 Å². The van der Waals surface area contributed by atoms with E-state index in [1.807, 2.05) is 0 Å². The van der Waals surface area contributed by atoms with Gasteiger partial charge in [0, 0.05) is 38.1 Å². The number of carbonyl (C=O) groups excluding carboxylic acids is 3. The van der Waals surface area contributed by atoms with Gasteiger partial charge in [0.15, 0.2) is 11.6 Å². The van der Waals surface area contributed by atoms with Crippen molar-refractivity contribution in [3.63, 3.8) is 0 Å². The molecule has 3 N–H and O–H groups in total. The second-order valence-corrected chi connectivity index (χ2v) is 9.17. The number of nitrogens with zero attached hydrogens (tertiary/aromatic N) is 2. The molecule has 1 aromatic heterocycles. The lowest BCUT2D eigenvalue weighted by atomic mass is 10.1. The molecule has 2 aliphatic rings. The molecule has 0 radical (unpaired) electrons. The number of nitrogens with one attached hydrogen (secondary N) is 1. The second kappa shape index (κ2) is 8.47. The zero-order chi connectivity index (χ0) is 24.8. The molecule has 1 saturated heterocycles. The third-order valence-electron chi connectivity index (χ3n) is 5.51. The molecule has 0 unspecified atom stereocenters. The van der Waals surface area contributed by atoms with Crippen LogP contribution in [0.3, 0.4) is 0 Å². The fourth-order valence-corrected chi connectivity index (χ4v) is 3.93. The highest BCUT2D eigenvalue weighted by atomic mass is 19.1. The molecule has 2 aliphatic heterocycles. The van der Waals surface area contributed by atoms with E-state index in [-0.39, 0.29) is 34.5 Å². The van der Waals surface area contributed by atoms with Gasteiger partial charge in [-0.05, 0) is 32.9 Å². The SMILES string of the molecule is CC(C)(C)OC(=O)N1CCC(Oc2ccc(-n3c(N)c4c(cc3=O)C(=O)NC4=O)cc2F)CC1. The first-order valence-electron chi connectivity index (χ1n) is 10.8. The predicted molar refractivity (Wildman–Crippen MR) is 120 cm³/mol. The standard InChI is InChI=1S/C23H25FN4O6/c1-23(2,3)34-22(32)27-8-6-13(7-9-27)33-16-5-4-12(10-15(16)24)28-17(29)11-14-18(19(28)25)21(31)26-20(14)30/h4-5,10-11,13H,6-9,25H2,1-3H3,(H,26,30,31). The summed E-state index contributed by atoms with van der Waals surface area (Å²) in [6, 6.07) is 4.87. The van der Waals surface area contributed by atoms with Gasteiger partial charge in [-0.15, -0.1) is 0 Å². The van der Waals surface area contributed by atoms with Gasteiger partial charge in [-0.1, -0.05) is 0 Å². The summed E-state index contributed by atoms with van der Waals surface area (Å²) < 4.78 is 27.0. The molecule has 0 aliphatic carbocycles. The van der Waals surface area contributed by atoms with Crippen LogP contribution in [-0.2, 0) is 4.74 Å². The number of hydrogen-bond donors (Lipinski definition) is 2. The van der Waals surface area contributed by atoms with Crippen molar-refractivity contribution in [2.24, 2.45) is 0 Å². The predicted octanol–water partition coefficient (Wildman–Crippen LogP) is 2.22. The van der Waals surface area contributed by atoms with Gasteiger partial charge in [0.2, 0.25) is 0 Å². The summed E-state index contributed by atoms with van der Waals surface area (Å²) in [4.78, 5) is 50.1. The van der Waals surface area contributed by atoms with Crippen molar-refractivity contribution >= 4 is 23.7 Å². The van der Waals surface area contributed by atoms with Crippen LogP contribution in [0.15, 0.2) is 29.1 Å². The maximum absolute atomic E-state index is 14.9. The molecule has 10 nitrogen and oxygen atoms in total. The van der Waals surface area contributed by atoms with Gasteiger partial charge in [0.05, 0.1) is 16.8 Å². The molecule has 11 heteroatoms. The fraction of sp³-hybridized carbons (Fsp3) is 0.391. The number of amides is 3. The summed E-state index contributed by atoms with van der Waals surface area (Å²) in [5, 5.41) is 2.08. The number of imide groups is 1. The summed E-state index contributed by atoms with van der Waals surface area (Å²) in [5.74, 6) is -2.42. The van der Waals surface area contributed by atoms with E-state index in [9.17, 15) is 23.6 Å². The average molecular weight is 472 g/mol. The van der Waals surface area contributed by atoms with Crippen molar-refractivity contribution in [3.05, 3.63) is 51.6 Å². The van der Waals surface area contributed by atoms with Crippen LogP contribution >= 0.6 is 0 Å². The fourth-order valence-electron chi connectivity index (χ4n) is 3.93. The van der Waals surface area contributed by atoms with Crippen LogP contribution in [0, 0.1) is 5.82 Å². The molecule has 2 aromatic rings. The second-order valence-electron chi connectivity index (χ2n) is 9.17. The Balaban J connectivity index is 1.48. The Morgan fingerprint density at radius 3 is 2.41 bits per heavy atom. The van der Waals surface area contributed by atoms with Crippen molar-refractivity contribution < 1.29 is 28.2 Å². The summed E-state index contributed by atoms with van der Waals surface area (Å²) >= 11 is 0. The van der Waals surface area contributed by atoms with E-state index in [1.54, 1.807) is 25.7 Å². The number of hydrogen-bond acceptors (Lipinski definition) is 7. The third kappa shape index (κ3) is 4.45. The van der Waals surface area contributed by atoms with Crippen molar-refractivity contribution in [1.82, 2.24) is 14.8 Å². The van der Waals surface area contributed by atoms with Gasteiger partial charge in [0.1, 0.15) is 17.5 Å². The monoisotopic (exact) mass is 472 g/mol. The average Bonchev–Trinajstić information content (AvgIpc) is 3.02. The van der Waals surface area contributed by atoms with E-state index < -0.39 is 34.9 Å². The largest absolute Gasteiger partial charge is 0.487 e. The molecule has 1 fully saturated rings. The van der Waals surface area contributed by atoms with E-state index in [0.717, 1.165) is 16.7 Å². The Morgan fingerprint density at radius 1 is 1.12 bits per heavy atom. The van der Waals surface area contributed by atoms with Gasteiger partial charge >= 0.3 is 6.09 Å². The molecule has 0 saturated carbocycles. The molecule has 3 amide bonds. The number of carbonyl (C=O) groups is 3. The van der Waals surface area contributed by atoms with Crippen molar-refractivity contribution in [3.8, 4) is 11.4 Å². The van der Waals surface area contributed by atoms with Crippen molar-refractivity contribution in [2.45, 2.75) is 45.3 Å². The molecule has 0 spiro atoms. The van der Waals surface area contributed by atoms with Crippen LogP contribution in [0.25, 0.3) is 5.69 Å². The number of nitrogen functional groups attached to an aromatic ring is 1. The zero-order valence-corrected chi connectivity index (χ0v) is 19.0. The Kier molecular flexibility index (Phi) is 5.80. The lowest BCUT2D eigenvalue weighted by Gasteiger charge is -2.33. The Morgan fingerprint density at radius 2 is 1.79 bits per heavy atom. The molecule has 0 bridgehead atoms. The van der Waals surface area contributed by atoms with Crippen molar-refractivity contribution in [1.29, 1.82) is 0 Å². The van der Waals surface area contributed by atoms with Crippen molar-refractivity contribution in [2.75, 3.05) is 18.8 Å². The number of nitrogens with two attached hydrogens (primary N) is 1. The number of piperidine rings is 1. The van der Waals surface area contributed by atoms with Gasteiger partial charge < -0.3 is 20.1 Å². The first-order chi connectivity index (χ1) is 15.9. The van der Waals surface area contributed by atoms with E-state index >= 15 is 0 Å². The number of aromatic nitrogens is 1. The van der Waals surface area contributed by atoms with Crippen LogP contribution in [0.5, 0.6) is 5.75 Å². The highest BCUT2D eigenvalue weighted by molar-refractivity contribution is 6.23. The number of pyridine rings is 1. The minimum Gasteiger partial charge on any atom is -0.487 e. The van der Waals surface area contributed by atoms with Crippen LogP contribution in [0.1, 0.15) is 54.3 Å². The van der Waals surface area contributed by atoms with E-state index in [2.05, 4.69) is 5.32 Å². The molecule has 1 aromatic carbocycles. The summed E-state index contributed by atoms with van der Waals surface area (Å²) in [6.07, 6.45) is 0.303. The van der Waals surface area contributed by atoms with E-state index in [0.29, 0.717) is 25.9 Å². The third-order valence-corrected chi connectivity index (χ3v) is 5.51. The summed E-state index contributed by atoms with van der Waals surface area (Å²) in [7, 11) is 0. The lowest BCUT2D eigenvalue weighted by molar-refractivity contribution is 0.0123. The maximum Gasteiger partial charge on any atom is 0.410 e. The highest BCUT2D eigenvalue weighted by Gasteiger charge is 2.32. The quantitative estimate of drug-likeness (QED) is 0.655. The first-order valence-corrected chi connectivity index (χ1v) is 10.8. The minimum absolute atomic E-state index is 0.0137. The van der Waals surface area contributed by atoms with E-state index in [1.165, 1.54) is 12.1 Å². The van der Waals surface area contributed by atoms with Gasteiger partial charge in [-0.25, -0.2) is 9.18 Å². The topological polar surface area (TPSA) is 133 Å². The minimum atomic E-state index is -0.723. The smallest absolute Gasteiger partial charge is 0.410 e. The van der Waals surface area contributed by atoms with E-state index in [4.69, 9.17) is 15.2 Å². The molecule has 0 atom stereocenters. The molecule has 3 heterocycles. The number of fused-ring (bicyclic) bond motifs is 1. The Bertz CT molecular complexity index is 1240. The number of rotatable bonds is 3. The number of likely N-dealkylation sites (tertiary alicyclic amines) is 1. The van der Waals surface area contributed by atoms with Crippen LogP contribution in [-0.4, -0.2) is 52.2 Å². The normalized spacial score (nSPS) is 16.3. The maximum atomic E-state index is 14.9. The first kappa shape index (κ1) is 23.3. The summed E-state index contributed by atoms with van der Waals surface area (Å²) in [5.41, 5.74) is 4.58. The molecule has 4 rings (SSSR count). The molecular formula is C23H25FN4O6. The molecular weight excluding hydrogens is 447 g/mol. The zero-order valence-electron chi connectivity index (χ0n) is 19.0. The van der Waals surface area contributed by atoms with Gasteiger partial charge in [-0.3, -0.25) is 24.3 Å². The van der Waals surface area contributed by atoms with Crippen LogP contribution in [0.4, 0.5) is 15.0 Å². The lowest BCUT2D eigenvalue weighted by Crippen LogP contribution is -2.44. The molecule has 180 valence electrons. The van der Waals surface area contributed by atoms with Gasteiger partial charge in [-0.2, -0.15) is 0 Å². The number of halogens is 1. The summed E-state index contributed by atoms with van der Waals surface area (Å²) in [6.45, 7) is 6.23. The number of ether oxygens (including phenoxy) is 2. The Labute approximate surface area is 194 Å². The number of benzene rings is 1. The Hall–Kier alpha value is -3.89. The van der Waals surface area contributed by atoms with Crippen LogP contribution in [0.2, 0.25) is 0 Å². The number of anilines is 1. The highest BCUT2D eigenvalue weighted by Crippen LogP contribution is 2.27. The molecule has 34 heavy (non-hydrogen) atoms.